The molecule has 3 aromatic rings. The second-order valence-electron chi connectivity index (χ2n) is 8.51. The maximum Gasteiger partial charge on any atom is 0.339 e. The molecule has 1 N–H and O–H groups in total. The van der Waals surface area contributed by atoms with Crippen molar-refractivity contribution in [1.29, 1.82) is 5.26 Å². The first-order valence-electron chi connectivity index (χ1n) is 10.6. The van der Waals surface area contributed by atoms with Crippen LogP contribution in [0, 0.1) is 11.3 Å². The standard InChI is InChI=1S/C25H24ClN3O5S/c1-5-33-24(30)20-14-22(25(2,3)4)28-23(21(20)15-27)34-18-8-6-7-17(13-18)29-35(31,32)19-11-9-16(26)10-12-19/h6-14,29H,5H2,1-4H3. The zero-order chi connectivity index (χ0) is 25.8. The van der Waals surface area contributed by atoms with Gasteiger partial charge < -0.3 is 9.47 Å². The molecule has 0 unspecified atom stereocenters. The Hall–Kier alpha value is -3.61. The van der Waals surface area contributed by atoms with Crippen molar-refractivity contribution in [1.82, 2.24) is 4.98 Å². The highest BCUT2D eigenvalue weighted by atomic mass is 35.5. The van der Waals surface area contributed by atoms with E-state index in [2.05, 4.69) is 9.71 Å². The number of nitriles is 1. The fourth-order valence-corrected chi connectivity index (χ4v) is 4.20. The van der Waals surface area contributed by atoms with Gasteiger partial charge in [0.1, 0.15) is 17.4 Å². The van der Waals surface area contributed by atoms with Crippen LogP contribution in [0.1, 0.15) is 49.3 Å². The number of sulfonamides is 1. The molecule has 0 saturated heterocycles. The van der Waals surface area contributed by atoms with Gasteiger partial charge >= 0.3 is 5.97 Å². The summed E-state index contributed by atoms with van der Waals surface area (Å²) in [4.78, 5) is 17.0. The highest BCUT2D eigenvalue weighted by Crippen LogP contribution is 2.32. The molecule has 0 aliphatic rings. The molecular weight excluding hydrogens is 490 g/mol. The number of esters is 1. The Morgan fingerprint density at radius 3 is 2.43 bits per heavy atom. The number of halogens is 1. The van der Waals surface area contributed by atoms with E-state index in [0.29, 0.717) is 10.7 Å². The number of carbonyl (C=O) groups excluding carboxylic acids is 1. The van der Waals surface area contributed by atoms with Gasteiger partial charge in [0, 0.05) is 16.5 Å². The molecule has 0 amide bonds. The Bertz CT molecular complexity index is 1390. The summed E-state index contributed by atoms with van der Waals surface area (Å²) in [6.07, 6.45) is 0. The molecule has 0 fully saturated rings. The molecule has 1 heterocycles. The zero-order valence-corrected chi connectivity index (χ0v) is 21.2. The molecule has 35 heavy (non-hydrogen) atoms. The Morgan fingerprint density at radius 2 is 1.83 bits per heavy atom. The van der Waals surface area contributed by atoms with Crippen LogP contribution < -0.4 is 9.46 Å². The summed E-state index contributed by atoms with van der Waals surface area (Å²) >= 11 is 5.84. The fraction of sp³-hybridized carbons (Fsp3) is 0.240. The first kappa shape index (κ1) is 26.0. The van der Waals surface area contributed by atoms with Gasteiger partial charge in [-0.2, -0.15) is 5.26 Å². The van der Waals surface area contributed by atoms with Crippen molar-refractivity contribution in [2.45, 2.75) is 38.0 Å². The summed E-state index contributed by atoms with van der Waals surface area (Å²) in [5, 5.41) is 10.2. The van der Waals surface area contributed by atoms with Crippen LogP contribution in [-0.4, -0.2) is 26.0 Å². The number of ether oxygens (including phenoxy) is 2. The number of carbonyl (C=O) groups is 1. The molecule has 8 nitrogen and oxygen atoms in total. The van der Waals surface area contributed by atoms with Crippen LogP contribution in [0.25, 0.3) is 0 Å². The lowest BCUT2D eigenvalue weighted by atomic mass is 9.90. The summed E-state index contributed by atoms with van der Waals surface area (Å²) in [5.41, 5.74) is 0.263. The predicted octanol–water partition coefficient (Wildman–Crippen LogP) is 5.67. The molecule has 0 spiro atoms. The molecule has 0 saturated carbocycles. The maximum atomic E-state index is 12.7. The normalized spacial score (nSPS) is 11.4. The van der Waals surface area contributed by atoms with Crippen molar-refractivity contribution in [2.75, 3.05) is 11.3 Å². The first-order valence-corrected chi connectivity index (χ1v) is 12.5. The predicted molar refractivity (Wildman–Crippen MR) is 132 cm³/mol. The van der Waals surface area contributed by atoms with Gasteiger partial charge in [0.25, 0.3) is 10.0 Å². The van der Waals surface area contributed by atoms with Gasteiger partial charge in [0.15, 0.2) is 0 Å². The number of benzene rings is 2. The smallest absolute Gasteiger partial charge is 0.339 e. The molecule has 182 valence electrons. The SMILES string of the molecule is CCOC(=O)c1cc(C(C)(C)C)nc(Oc2cccc(NS(=O)(=O)c3ccc(Cl)cc3)c2)c1C#N. The number of nitrogens with one attached hydrogen (secondary N) is 1. The van der Waals surface area contributed by atoms with Gasteiger partial charge in [-0.25, -0.2) is 18.2 Å². The second kappa shape index (κ2) is 10.3. The van der Waals surface area contributed by atoms with Gasteiger partial charge in [-0.3, -0.25) is 4.72 Å². The van der Waals surface area contributed by atoms with E-state index in [1.54, 1.807) is 25.1 Å². The third-order valence-corrected chi connectivity index (χ3v) is 6.44. The Kier molecular flexibility index (Phi) is 7.68. The average molecular weight is 514 g/mol. The van der Waals surface area contributed by atoms with E-state index in [9.17, 15) is 18.5 Å². The van der Waals surface area contributed by atoms with Crippen LogP contribution >= 0.6 is 11.6 Å². The Morgan fingerprint density at radius 1 is 1.14 bits per heavy atom. The third-order valence-electron chi connectivity index (χ3n) is 4.79. The summed E-state index contributed by atoms with van der Waals surface area (Å²) in [5.74, 6) is -0.530. The van der Waals surface area contributed by atoms with E-state index >= 15 is 0 Å². The number of nitrogens with zero attached hydrogens (tertiary/aromatic N) is 2. The summed E-state index contributed by atoms with van der Waals surface area (Å²) < 4.78 is 38.9. The van der Waals surface area contributed by atoms with Crippen LogP contribution in [0.5, 0.6) is 11.6 Å². The molecule has 0 aliphatic heterocycles. The van der Waals surface area contributed by atoms with Crippen molar-refractivity contribution in [3.63, 3.8) is 0 Å². The lowest BCUT2D eigenvalue weighted by Gasteiger charge is -2.20. The van der Waals surface area contributed by atoms with Gasteiger partial charge in [-0.1, -0.05) is 38.4 Å². The number of anilines is 1. The summed E-state index contributed by atoms with van der Waals surface area (Å²) in [6.45, 7) is 7.54. The molecule has 0 bridgehead atoms. The largest absolute Gasteiger partial charge is 0.462 e. The highest BCUT2D eigenvalue weighted by Gasteiger charge is 2.26. The number of hydrogen-bond donors (Lipinski definition) is 1. The molecule has 10 heteroatoms. The minimum absolute atomic E-state index is 0.0404. The van der Waals surface area contributed by atoms with Crippen molar-refractivity contribution in [3.8, 4) is 17.7 Å². The van der Waals surface area contributed by atoms with Crippen LogP contribution in [0.4, 0.5) is 5.69 Å². The summed E-state index contributed by atoms with van der Waals surface area (Å²) in [6, 6.07) is 15.4. The quantitative estimate of drug-likeness (QED) is 0.404. The second-order valence-corrected chi connectivity index (χ2v) is 10.6. The molecular formula is C25H24ClN3O5S. The van der Waals surface area contributed by atoms with E-state index < -0.39 is 21.4 Å². The van der Waals surface area contributed by atoms with E-state index in [-0.39, 0.29) is 39.9 Å². The van der Waals surface area contributed by atoms with Crippen molar-refractivity contribution in [3.05, 3.63) is 76.4 Å². The van der Waals surface area contributed by atoms with Gasteiger partial charge in [-0.15, -0.1) is 0 Å². The van der Waals surface area contributed by atoms with Crippen LogP contribution in [0.15, 0.2) is 59.5 Å². The van der Waals surface area contributed by atoms with Crippen LogP contribution in [-0.2, 0) is 20.2 Å². The lowest BCUT2D eigenvalue weighted by molar-refractivity contribution is 0.0525. The Labute approximate surface area is 209 Å². The number of aromatic nitrogens is 1. The Balaban J connectivity index is 1.99. The van der Waals surface area contributed by atoms with E-state index in [1.165, 1.54) is 36.4 Å². The van der Waals surface area contributed by atoms with Crippen LogP contribution in [0.2, 0.25) is 5.02 Å². The molecule has 0 aliphatic carbocycles. The van der Waals surface area contributed by atoms with E-state index in [0.717, 1.165) is 0 Å². The third kappa shape index (κ3) is 6.29. The van der Waals surface area contributed by atoms with Crippen molar-refractivity contribution >= 4 is 33.3 Å². The summed E-state index contributed by atoms with van der Waals surface area (Å²) in [7, 11) is -3.88. The molecule has 0 atom stereocenters. The van der Waals surface area contributed by atoms with Gasteiger partial charge in [-0.05, 0) is 49.4 Å². The van der Waals surface area contributed by atoms with Gasteiger partial charge in [0.05, 0.1) is 28.4 Å². The topological polar surface area (TPSA) is 118 Å². The van der Waals surface area contributed by atoms with Crippen LogP contribution in [0.3, 0.4) is 0 Å². The maximum absolute atomic E-state index is 12.7. The number of rotatable bonds is 7. The first-order chi connectivity index (χ1) is 16.4. The fourth-order valence-electron chi connectivity index (χ4n) is 3.02. The van der Waals surface area contributed by atoms with E-state index in [4.69, 9.17) is 21.1 Å². The minimum Gasteiger partial charge on any atom is -0.462 e. The molecule has 3 rings (SSSR count). The molecule has 1 aromatic heterocycles. The highest BCUT2D eigenvalue weighted by molar-refractivity contribution is 7.92. The number of hydrogen-bond acceptors (Lipinski definition) is 7. The lowest BCUT2D eigenvalue weighted by Crippen LogP contribution is -2.18. The van der Waals surface area contributed by atoms with Crippen molar-refractivity contribution in [2.24, 2.45) is 0 Å². The van der Waals surface area contributed by atoms with Crippen molar-refractivity contribution < 1.29 is 22.7 Å². The minimum atomic E-state index is -3.88. The number of pyridine rings is 1. The molecule has 2 aromatic carbocycles. The molecule has 0 radical (unpaired) electrons. The average Bonchev–Trinajstić information content (AvgIpc) is 2.78. The van der Waals surface area contributed by atoms with Gasteiger partial charge in [0.2, 0.25) is 5.88 Å². The monoisotopic (exact) mass is 513 g/mol. The van der Waals surface area contributed by atoms with E-state index in [1.807, 2.05) is 26.8 Å². The zero-order valence-electron chi connectivity index (χ0n) is 19.6.